The van der Waals surface area contributed by atoms with Crippen molar-refractivity contribution in [2.24, 2.45) is 5.92 Å². The number of nitrogens with one attached hydrogen (secondary N) is 1. The molecule has 1 aliphatic rings. The molecule has 1 atom stereocenters. The van der Waals surface area contributed by atoms with Gasteiger partial charge in [-0.15, -0.1) is 0 Å². The predicted octanol–water partition coefficient (Wildman–Crippen LogP) is 4.21. The molecule has 1 saturated heterocycles. The van der Waals surface area contributed by atoms with E-state index >= 15 is 0 Å². The van der Waals surface area contributed by atoms with Crippen molar-refractivity contribution in [3.05, 3.63) is 71.8 Å². The lowest BCUT2D eigenvalue weighted by Gasteiger charge is -2.34. The highest BCUT2D eigenvalue weighted by atomic mass is 15.0. The third-order valence-electron chi connectivity index (χ3n) is 4.68. The monoisotopic (exact) mass is 265 g/mol. The molecule has 0 spiro atoms. The molecule has 104 valence electrons. The Morgan fingerprint density at radius 3 is 1.80 bits per heavy atom. The van der Waals surface area contributed by atoms with Gasteiger partial charge >= 0.3 is 0 Å². The molecule has 20 heavy (non-hydrogen) atoms. The van der Waals surface area contributed by atoms with Gasteiger partial charge in [0.2, 0.25) is 0 Å². The molecule has 0 radical (unpaired) electrons. The SMILES string of the molecule is CC1(C)NCCC1C(c1ccccc1)c1ccccc1. The molecule has 1 fully saturated rings. The summed E-state index contributed by atoms with van der Waals surface area (Å²) in [5.74, 6) is 1.11. The second-order valence-corrected chi connectivity index (χ2v) is 6.34. The van der Waals surface area contributed by atoms with Crippen LogP contribution in [0.2, 0.25) is 0 Å². The zero-order chi connectivity index (χ0) is 14.0. The molecular formula is C19H23N. The zero-order valence-corrected chi connectivity index (χ0v) is 12.3. The van der Waals surface area contributed by atoms with E-state index in [1.807, 2.05) is 0 Å². The van der Waals surface area contributed by atoms with Gasteiger partial charge in [-0.05, 0) is 43.9 Å². The molecule has 1 aliphatic heterocycles. The molecule has 1 nitrogen and oxygen atoms in total. The Balaban J connectivity index is 2.05. The highest BCUT2D eigenvalue weighted by Crippen LogP contribution is 2.42. The maximum absolute atomic E-state index is 3.67. The van der Waals surface area contributed by atoms with Gasteiger partial charge in [-0.2, -0.15) is 0 Å². The van der Waals surface area contributed by atoms with Gasteiger partial charge in [-0.25, -0.2) is 0 Å². The van der Waals surface area contributed by atoms with E-state index < -0.39 is 0 Å². The van der Waals surface area contributed by atoms with Gasteiger partial charge in [0.15, 0.2) is 0 Å². The smallest absolute Gasteiger partial charge is 0.0162 e. The lowest BCUT2D eigenvalue weighted by molar-refractivity contribution is 0.306. The molecule has 0 aliphatic carbocycles. The van der Waals surface area contributed by atoms with Crippen molar-refractivity contribution in [1.82, 2.24) is 5.32 Å². The quantitative estimate of drug-likeness (QED) is 0.876. The molecule has 1 unspecified atom stereocenters. The van der Waals surface area contributed by atoms with Gasteiger partial charge in [-0.3, -0.25) is 0 Å². The van der Waals surface area contributed by atoms with E-state index in [4.69, 9.17) is 0 Å². The normalized spacial score (nSPS) is 21.2. The lowest BCUT2D eigenvalue weighted by atomic mass is 9.72. The summed E-state index contributed by atoms with van der Waals surface area (Å²) in [6.45, 7) is 5.79. The summed E-state index contributed by atoms with van der Waals surface area (Å²) in [7, 11) is 0. The van der Waals surface area contributed by atoms with Crippen LogP contribution in [0.25, 0.3) is 0 Å². The third-order valence-corrected chi connectivity index (χ3v) is 4.68. The number of hydrogen-bond donors (Lipinski definition) is 1. The predicted molar refractivity (Wildman–Crippen MR) is 84.9 cm³/mol. The Hall–Kier alpha value is -1.60. The van der Waals surface area contributed by atoms with Crippen LogP contribution in [0.15, 0.2) is 60.7 Å². The van der Waals surface area contributed by atoms with Crippen molar-refractivity contribution in [2.75, 3.05) is 6.54 Å². The van der Waals surface area contributed by atoms with E-state index in [2.05, 4.69) is 79.8 Å². The maximum Gasteiger partial charge on any atom is 0.0162 e. The summed E-state index contributed by atoms with van der Waals surface area (Å²) in [5, 5.41) is 3.67. The van der Waals surface area contributed by atoms with Gasteiger partial charge < -0.3 is 5.32 Å². The fourth-order valence-electron chi connectivity index (χ4n) is 3.60. The molecule has 1 heteroatoms. The number of benzene rings is 2. The third kappa shape index (κ3) is 2.51. The van der Waals surface area contributed by atoms with Gasteiger partial charge in [-0.1, -0.05) is 60.7 Å². The minimum atomic E-state index is 0.191. The van der Waals surface area contributed by atoms with E-state index in [0.717, 1.165) is 6.54 Å². The highest BCUT2D eigenvalue weighted by Gasteiger charge is 2.40. The van der Waals surface area contributed by atoms with Crippen molar-refractivity contribution in [3.8, 4) is 0 Å². The number of rotatable bonds is 3. The average molecular weight is 265 g/mol. The van der Waals surface area contributed by atoms with Crippen molar-refractivity contribution >= 4 is 0 Å². The molecule has 0 saturated carbocycles. The Morgan fingerprint density at radius 2 is 1.40 bits per heavy atom. The van der Waals surface area contributed by atoms with E-state index in [9.17, 15) is 0 Å². The van der Waals surface area contributed by atoms with Crippen molar-refractivity contribution in [3.63, 3.8) is 0 Å². The standard InChI is InChI=1S/C19H23N/c1-19(2)17(13-14-20-19)18(15-9-5-3-6-10-15)16-11-7-4-8-12-16/h3-12,17-18,20H,13-14H2,1-2H3. The zero-order valence-electron chi connectivity index (χ0n) is 12.3. The minimum Gasteiger partial charge on any atom is -0.311 e. The van der Waals surface area contributed by atoms with Crippen LogP contribution in [0.4, 0.5) is 0 Å². The van der Waals surface area contributed by atoms with Crippen LogP contribution in [-0.2, 0) is 0 Å². The first-order chi connectivity index (χ1) is 9.68. The molecule has 1 N–H and O–H groups in total. The van der Waals surface area contributed by atoms with Gasteiger partial charge in [0.1, 0.15) is 0 Å². The molecule has 3 rings (SSSR count). The van der Waals surface area contributed by atoms with Crippen LogP contribution in [0, 0.1) is 5.92 Å². The summed E-state index contributed by atoms with van der Waals surface area (Å²) in [4.78, 5) is 0. The van der Waals surface area contributed by atoms with Gasteiger partial charge in [0.25, 0.3) is 0 Å². The lowest BCUT2D eigenvalue weighted by Crippen LogP contribution is -2.40. The van der Waals surface area contributed by atoms with Gasteiger partial charge in [0, 0.05) is 11.5 Å². The summed E-state index contributed by atoms with van der Waals surface area (Å²) in [5.41, 5.74) is 3.05. The van der Waals surface area contributed by atoms with E-state index in [1.165, 1.54) is 17.5 Å². The second-order valence-electron chi connectivity index (χ2n) is 6.34. The first kappa shape index (κ1) is 13.4. The largest absolute Gasteiger partial charge is 0.311 e. The molecule has 0 bridgehead atoms. The summed E-state index contributed by atoms with van der Waals surface area (Å²) in [6, 6.07) is 21.9. The van der Waals surface area contributed by atoms with Crippen molar-refractivity contribution < 1.29 is 0 Å². The Morgan fingerprint density at radius 1 is 0.900 bits per heavy atom. The fourth-order valence-corrected chi connectivity index (χ4v) is 3.60. The number of hydrogen-bond acceptors (Lipinski definition) is 1. The summed E-state index contributed by atoms with van der Waals surface area (Å²) in [6.07, 6.45) is 1.24. The van der Waals surface area contributed by atoms with Crippen LogP contribution in [-0.4, -0.2) is 12.1 Å². The van der Waals surface area contributed by atoms with Crippen LogP contribution >= 0.6 is 0 Å². The Bertz CT molecular complexity index is 505. The Kier molecular flexibility index (Phi) is 3.62. The summed E-state index contributed by atoms with van der Waals surface area (Å²) < 4.78 is 0. The molecule has 0 aromatic heterocycles. The molecule has 2 aromatic rings. The average Bonchev–Trinajstić information content (AvgIpc) is 2.81. The summed E-state index contributed by atoms with van der Waals surface area (Å²) >= 11 is 0. The topological polar surface area (TPSA) is 12.0 Å². The molecule has 0 amide bonds. The van der Waals surface area contributed by atoms with E-state index in [-0.39, 0.29) is 5.54 Å². The van der Waals surface area contributed by atoms with Crippen LogP contribution in [0.5, 0.6) is 0 Å². The van der Waals surface area contributed by atoms with Crippen LogP contribution in [0.1, 0.15) is 37.3 Å². The molecular weight excluding hydrogens is 242 g/mol. The van der Waals surface area contributed by atoms with E-state index in [1.54, 1.807) is 0 Å². The van der Waals surface area contributed by atoms with Crippen LogP contribution < -0.4 is 5.32 Å². The molecule has 1 heterocycles. The van der Waals surface area contributed by atoms with Crippen molar-refractivity contribution in [2.45, 2.75) is 31.7 Å². The highest BCUT2D eigenvalue weighted by molar-refractivity contribution is 5.34. The van der Waals surface area contributed by atoms with Crippen LogP contribution in [0.3, 0.4) is 0 Å². The van der Waals surface area contributed by atoms with Crippen molar-refractivity contribution in [1.29, 1.82) is 0 Å². The first-order valence-corrected chi connectivity index (χ1v) is 7.53. The maximum atomic E-state index is 3.67. The first-order valence-electron chi connectivity index (χ1n) is 7.53. The second kappa shape index (κ2) is 5.41. The fraction of sp³-hybridized carbons (Fsp3) is 0.368. The van der Waals surface area contributed by atoms with E-state index in [0.29, 0.717) is 11.8 Å². The van der Waals surface area contributed by atoms with Gasteiger partial charge in [0.05, 0.1) is 0 Å². The minimum absolute atomic E-state index is 0.191. The molecule has 2 aromatic carbocycles. The Labute approximate surface area is 122 Å².